The van der Waals surface area contributed by atoms with Crippen LogP contribution in [0.4, 0.5) is 0 Å². The van der Waals surface area contributed by atoms with Gasteiger partial charge < -0.3 is 15.0 Å². The van der Waals surface area contributed by atoms with E-state index in [1.54, 1.807) is 0 Å². The Morgan fingerprint density at radius 1 is 1.44 bits per heavy atom. The Balaban J connectivity index is 1.92. The second-order valence-corrected chi connectivity index (χ2v) is 6.38. The average Bonchev–Trinajstić information content (AvgIpc) is 2.91. The van der Waals surface area contributed by atoms with Gasteiger partial charge in [-0.15, -0.1) is 0 Å². The van der Waals surface area contributed by atoms with E-state index < -0.39 is 0 Å². The summed E-state index contributed by atoms with van der Waals surface area (Å²) < 4.78 is 5.49. The SMILES string of the molecule is CCCNC1COCC1C(=O)N1CCC(C)(C)C1. The molecule has 2 unspecified atom stereocenters. The van der Waals surface area contributed by atoms with Gasteiger partial charge in [0.1, 0.15) is 0 Å². The molecule has 2 aliphatic heterocycles. The predicted octanol–water partition coefficient (Wildman–Crippen LogP) is 1.26. The minimum absolute atomic E-state index is 0.0189. The summed E-state index contributed by atoms with van der Waals surface area (Å²) in [6, 6.07) is 0.209. The van der Waals surface area contributed by atoms with Gasteiger partial charge >= 0.3 is 0 Å². The Kier molecular flexibility index (Phi) is 4.28. The number of carbonyl (C=O) groups is 1. The van der Waals surface area contributed by atoms with Crippen molar-refractivity contribution in [2.75, 3.05) is 32.8 Å². The van der Waals surface area contributed by atoms with E-state index in [1.165, 1.54) is 0 Å². The van der Waals surface area contributed by atoms with E-state index in [-0.39, 0.29) is 23.3 Å². The van der Waals surface area contributed by atoms with E-state index in [1.807, 2.05) is 4.90 Å². The zero-order valence-corrected chi connectivity index (χ0v) is 11.9. The number of hydrogen-bond donors (Lipinski definition) is 1. The van der Waals surface area contributed by atoms with Gasteiger partial charge in [0.2, 0.25) is 5.91 Å². The molecule has 18 heavy (non-hydrogen) atoms. The lowest BCUT2D eigenvalue weighted by Crippen LogP contribution is -2.45. The summed E-state index contributed by atoms with van der Waals surface area (Å²) in [5.41, 5.74) is 0.279. The highest BCUT2D eigenvalue weighted by molar-refractivity contribution is 5.80. The quantitative estimate of drug-likeness (QED) is 0.821. The zero-order chi connectivity index (χ0) is 13.2. The van der Waals surface area contributed by atoms with Crippen LogP contribution in [-0.4, -0.2) is 49.7 Å². The highest BCUT2D eigenvalue weighted by Gasteiger charge is 2.40. The summed E-state index contributed by atoms with van der Waals surface area (Å²) in [5, 5.41) is 3.43. The average molecular weight is 254 g/mol. The molecule has 2 saturated heterocycles. The molecule has 4 heteroatoms. The van der Waals surface area contributed by atoms with Crippen molar-refractivity contribution >= 4 is 5.91 Å². The van der Waals surface area contributed by atoms with Crippen LogP contribution in [-0.2, 0) is 9.53 Å². The summed E-state index contributed by atoms with van der Waals surface area (Å²) in [6.45, 7) is 10.6. The lowest BCUT2D eigenvalue weighted by molar-refractivity contribution is -0.135. The molecule has 0 aromatic carbocycles. The van der Waals surface area contributed by atoms with Gasteiger partial charge in [0.15, 0.2) is 0 Å². The van der Waals surface area contributed by atoms with E-state index in [2.05, 4.69) is 26.1 Å². The predicted molar refractivity (Wildman–Crippen MR) is 71.4 cm³/mol. The van der Waals surface area contributed by atoms with E-state index in [0.717, 1.165) is 32.5 Å². The van der Waals surface area contributed by atoms with Crippen molar-refractivity contribution in [3.8, 4) is 0 Å². The third-order valence-corrected chi connectivity index (χ3v) is 4.04. The van der Waals surface area contributed by atoms with Gasteiger partial charge in [-0.2, -0.15) is 0 Å². The molecule has 2 fully saturated rings. The molecule has 2 atom stereocenters. The first-order valence-corrected chi connectivity index (χ1v) is 7.13. The largest absolute Gasteiger partial charge is 0.379 e. The first-order chi connectivity index (χ1) is 8.53. The number of nitrogens with zero attached hydrogens (tertiary/aromatic N) is 1. The van der Waals surface area contributed by atoms with Gasteiger partial charge in [0, 0.05) is 19.1 Å². The van der Waals surface area contributed by atoms with Crippen molar-refractivity contribution in [2.24, 2.45) is 11.3 Å². The minimum atomic E-state index is 0.0189. The van der Waals surface area contributed by atoms with Gasteiger partial charge in [0.05, 0.1) is 19.1 Å². The van der Waals surface area contributed by atoms with Crippen LogP contribution in [0, 0.1) is 11.3 Å². The van der Waals surface area contributed by atoms with Crippen LogP contribution in [0.15, 0.2) is 0 Å². The van der Waals surface area contributed by atoms with Gasteiger partial charge in [-0.3, -0.25) is 4.79 Å². The van der Waals surface area contributed by atoms with Gasteiger partial charge in [0.25, 0.3) is 0 Å². The maximum Gasteiger partial charge on any atom is 0.229 e. The Bertz CT molecular complexity index is 304. The van der Waals surface area contributed by atoms with Gasteiger partial charge in [-0.1, -0.05) is 20.8 Å². The molecule has 2 heterocycles. The fourth-order valence-electron chi connectivity index (χ4n) is 2.86. The Labute approximate surface area is 110 Å². The van der Waals surface area contributed by atoms with E-state index >= 15 is 0 Å². The standard InChI is InChI=1S/C14H26N2O2/c1-4-6-15-12-9-18-8-11(12)13(17)16-7-5-14(2,3)10-16/h11-12,15H,4-10H2,1-3H3. The Morgan fingerprint density at radius 3 is 2.83 bits per heavy atom. The molecule has 0 radical (unpaired) electrons. The Morgan fingerprint density at radius 2 is 2.22 bits per heavy atom. The molecule has 1 N–H and O–H groups in total. The van der Waals surface area contributed by atoms with Crippen molar-refractivity contribution in [1.29, 1.82) is 0 Å². The molecular weight excluding hydrogens is 228 g/mol. The second-order valence-electron chi connectivity index (χ2n) is 6.38. The molecule has 0 spiro atoms. The van der Waals surface area contributed by atoms with Crippen molar-refractivity contribution in [3.63, 3.8) is 0 Å². The lowest BCUT2D eigenvalue weighted by atomic mass is 9.93. The summed E-state index contributed by atoms with van der Waals surface area (Å²) in [7, 11) is 0. The Hall–Kier alpha value is -0.610. The summed E-state index contributed by atoms with van der Waals surface area (Å²) >= 11 is 0. The van der Waals surface area contributed by atoms with Crippen molar-refractivity contribution in [2.45, 2.75) is 39.7 Å². The third-order valence-electron chi connectivity index (χ3n) is 4.04. The highest BCUT2D eigenvalue weighted by Crippen LogP contribution is 2.30. The van der Waals surface area contributed by atoms with Crippen LogP contribution in [0.1, 0.15) is 33.6 Å². The van der Waals surface area contributed by atoms with Gasteiger partial charge in [-0.25, -0.2) is 0 Å². The molecule has 2 rings (SSSR count). The number of rotatable bonds is 4. The van der Waals surface area contributed by atoms with Crippen LogP contribution in [0.2, 0.25) is 0 Å². The van der Waals surface area contributed by atoms with Gasteiger partial charge in [-0.05, 0) is 24.8 Å². The molecular formula is C14H26N2O2. The molecule has 104 valence electrons. The normalized spacial score (nSPS) is 30.9. The van der Waals surface area contributed by atoms with E-state index in [9.17, 15) is 4.79 Å². The molecule has 0 saturated carbocycles. The van der Waals surface area contributed by atoms with E-state index in [4.69, 9.17) is 4.74 Å². The number of carbonyl (C=O) groups excluding carboxylic acids is 1. The number of ether oxygens (including phenoxy) is 1. The number of nitrogens with one attached hydrogen (secondary N) is 1. The van der Waals surface area contributed by atoms with Crippen molar-refractivity contribution in [3.05, 3.63) is 0 Å². The van der Waals surface area contributed by atoms with Crippen LogP contribution < -0.4 is 5.32 Å². The van der Waals surface area contributed by atoms with Crippen LogP contribution in [0.25, 0.3) is 0 Å². The maximum absolute atomic E-state index is 12.5. The first-order valence-electron chi connectivity index (χ1n) is 7.13. The molecule has 1 amide bonds. The van der Waals surface area contributed by atoms with Crippen LogP contribution in [0.3, 0.4) is 0 Å². The smallest absolute Gasteiger partial charge is 0.229 e. The summed E-state index contributed by atoms with van der Waals surface area (Å²) in [6.07, 6.45) is 2.20. The molecule has 4 nitrogen and oxygen atoms in total. The number of amides is 1. The van der Waals surface area contributed by atoms with E-state index in [0.29, 0.717) is 13.2 Å². The molecule has 0 aromatic rings. The van der Waals surface area contributed by atoms with Crippen molar-refractivity contribution in [1.82, 2.24) is 10.2 Å². The topological polar surface area (TPSA) is 41.6 Å². The lowest BCUT2D eigenvalue weighted by Gasteiger charge is -2.25. The molecule has 0 aliphatic carbocycles. The summed E-state index contributed by atoms with van der Waals surface area (Å²) in [4.78, 5) is 14.5. The second kappa shape index (κ2) is 5.57. The summed E-state index contributed by atoms with van der Waals surface area (Å²) in [5.74, 6) is 0.303. The third kappa shape index (κ3) is 3.04. The molecule has 0 aromatic heterocycles. The molecule has 0 bridgehead atoms. The fraction of sp³-hybridized carbons (Fsp3) is 0.929. The van der Waals surface area contributed by atoms with Crippen molar-refractivity contribution < 1.29 is 9.53 Å². The zero-order valence-electron chi connectivity index (χ0n) is 11.9. The fourth-order valence-corrected chi connectivity index (χ4v) is 2.86. The monoisotopic (exact) mass is 254 g/mol. The van der Waals surface area contributed by atoms with Crippen LogP contribution in [0.5, 0.6) is 0 Å². The number of likely N-dealkylation sites (tertiary alicyclic amines) is 1. The molecule has 2 aliphatic rings. The van der Waals surface area contributed by atoms with Crippen LogP contribution >= 0.6 is 0 Å². The first kappa shape index (κ1) is 13.8. The maximum atomic E-state index is 12.5. The highest BCUT2D eigenvalue weighted by atomic mass is 16.5. The number of hydrogen-bond acceptors (Lipinski definition) is 3. The minimum Gasteiger partial charge on any atom is -0.379 e.